The van der Waals surface area contributed by atoms with Crippen LogP contribution >= 0.6 is 23.2 Å². The Hall–Kier alpha value is -0.250. The lowest BCUT2D eigenvalue weighted by Gasteiger charge is -2.03. The molecule has 1 fully saturated rings. The van der Waals surface area contributed by atoms with Crippen LogP contribution in [0.4, 0.5) is 0 Å². The fraction of sp³-hybridized carbons (Fsp3) is 0.333. The van der Waals surface area contributed by atoms with Gasteiger partial charge in [-0.2, -0.15) is 0 Å². The maximum absolute atomic E-state index is 11.8. The monoisotopic (exact) mass is 250 g/mol. The van der Waals surface area contributed by atoms with Crippen molar-refractivity contribution in [3.63, 3.8) is 0 Å². The quantitative estimate of drug-likeness (QED) is 0.809. The molecule has 2 nitrogen and oxygen atoms in total. The van der Waals surface area contributed by atoms with Crippen molar-refractivity contribution in [1.29, 1.82) is 0 Å². The Bertz CT molecular complexity index is 443. The summed E-state index contributed by atoms with van der Waals surface area (Å²) in [6.45, 7) is 0. The molecule has 1 aliphatic rings. The van der Waals surface area contributed by atoms with Crippen LogP contribution in [0.1, 0.15) is 12.8 Å². The number of rotatable bonds is 2. The molecule has 0 saturated heterocycles. The van der Waals surface area contributed by atoms with Gasteiger partial charge in [0.05, 0.1) is 10.1 Å². The van der Waals surface area contributed by atoms with Gasteiger partial charge in [-0.1, -0.05) is 23.2 Å². The molecule has 2 rings (SSSR count). The summed E-state index contributed by atoms with van der Waals surface area (Å²) in [5.41, 5.74) is 0. The van der Waals surface area contributed by atoms with Gasteiger partial charge in [0.1, 0.15) is 0 Å². The van der Waals surface area contributed by atoms with Gasteiger partial charge >= 0.3 is 0 Å². The SMILES string of the molecule is O=S(=O)(c1cc(Cl)cc(Cl)c1)C1CC1. The van der Waals surface area contributed by atoms with E-state index in [2.05, 4.69) is 0 Å². The van der Waals surface area contributed by atoms with Crippen LogP contribution in [0.5, 0.6) is 0 Å². The Kier molecular flexibility index (Phi) is 2.50. The lowest BCUT2D eigenvalue weighted by Crippen LogP contribution is -2.06. The number of sulfone groups is 1. The highest BCUT2D eigenvalue weighted by molar-refractivity contribution is 7.92. The third-order valence-corrected chi connectivity index (χ3v) is 4.81. The van der Waals surface area contributed by atoms with Crippen LogP contribution < -0.4 is 0 Å². The second-order valence-corrected chi connectivity index (χ2v) is 6.45. The Morgan fingerprint density at radius 2 is 1.57 bits per heavy atom. The van der Waals surface area contributed by atoms with Crippen LogP contribution in [0.2, 0.25) is 10.0 Å². The summed E-state index contributed by atoms with van der Waals surface area (Å²) in [5.74, 6) is 0. The molecule has 0 atom stereocenters. The van der Waals surface area contributed by atoms with Crippen LogP contribution in [0.25, 0.3) is 0 Å². The van der Waals surface area contributed by atoms with Crippen LogP contribution in [0.3, 0.4) is 0 Å². The van der Waals surface area contributed by atoms with Gasteiger partial charge in [-0.3, -0.25) is 0 Å². The maximum Gasteiger partial charge on any atom is 0.181 e. The van der Waals surface area contributed by atoms with E-state index in [4.69, 9.17) is 23.2 Å². The van der Waals surface area contributed by atoms with Crippen LogP contribution in [0.15, 0.2) is 23.1 Å². The molecule has 1 aromatic rings. The molecule has 0 aliphatic heterocycles. The van der Waals surface area contributed by atoms with E-state index >= 15 is 0 Å². The van der Waals surface area contributed by atoms with Crippen molar-refractivity contribution >= 4 is 33.0 Å². The van der Waals surface area contributed by atoms with E-state index in [1.165, 1.54) is 18.2 Å². The predicted octanol–water partition coefficient (Wildman–Crippen LogP) is 2.93. The number of hydrogen-bond donors (Lipinski definition) is 0. The van der Waals surface area contributed by atoms with Gasteiger partial charge < -0.3 is 0 Å². The van der Waals surface area contributed by atoms with E-state index in [0.29, 0.717) is 10.0 Å². The topological polar surface area (TPSA) is 34.1 Å². The average Bonchev–Trinajstić information content (AvgIpc) is 2.83. The fourth-order valence-corrected chi connectivity index (χ4v) is 3.64. The first-order valence-electron chi connectivity index (χ1n) is 4.20. The largest absolute Gasteiger partial charge is 0.223 e. The van der Waals surface area contributed by atoms with Crippen molar-refractivity contribution in [2.45, 2.75) is 23.0 Å². The zero-order chi connectivity index (χ0) is 10.3. The predicted molar refractivity (Wildman–Crippen MR) is 56.7 cm³/mol. The molecule has 0 N–H and O–H groups in total. The van der Waals surface area contributed by atoms with E-state index in [0.717, 1.165) is 12.8 Å². The van der Waals surface area contributed by atoms with E-state index < -0.39 is 9.84 Å². The zero-order valence-corrected chi connectivity index (χ0v) is 9.53. The van der Waals surface area contributed by atoms with Crippen molar-refractivity contribution in [2.24, 2.45) is 0 Å². The summed E-state index contributed by atoms with van der Waals surface area (Å²) < 4.78 is 23.6. The summed E-state index contributed by atoms with van der Waals surface area (Å²) >= 11 is 11.5. The smallest absolute Gasteiger partial charge is 0.181 e. The van der Waals surface area contributed by atoms with E-state index in [9.17, 15) is 8.42 Å². The van der Waals surface area contributed by atoms with Crippen LogP contribution in [-0.4, -0.2) is 13.7 Å². The highest BCUT2D eigenvalue weighted by atomic mass is 35.5. The van der Waals surface area contributed by atoms with Gasteiger partial charge in [-0.15, -0.1) is 0 Å². The normalized spacial score (nSPS) is 17.0. The lowest BCUT2D eigenvalue weighted by atomic mass is 10.4. The van der Waals surface area contributed by atoms with Crippen molar-refractivity contribution in [1.82, 2.24) is 0 Å². The van der Waals surface area contributed by atoms with Gasteiger partial charge in [-0.25, -0.2) is 8.42 Å². The van der Waals surface area contributed by atoms with Crippen molar-refractivity contribution in [3.8, 4) is 0 Å². The lowest BCUT2D eigenvalue weighted by molar-refractivity contribution is 0.595. The molecule has 0 heterocycles. The van der Waals surface area contributed by atoms with Crippen molar-refractivity contribution in [3.05, 3.63) is 28.2 Å². The molecule has 1 aliphatic carbocycles. The molecule has 0 radical (unpaired) electrons. The minimum atomic E-state index is -3.18. The molecule has 0 bridgehead atoms. The minimum absolute atomic E-state index is 0.225. The Morgan fingerprint density at radius 1 is 1.07 bits per heavy atom. The molecule has 0 unspecified atom stereocenters. The first kappa shape index (κ1) is 10.3. The average molecular weight is 251 g/mol. The zero-order valence-electron chi connectivity index (χ0n) is 7.20. The highest BCUT2D eigenvalue weighted by Gasteiger charge is 2.37. The van der Waals surface area contributed by atoms with Crippen LogP contribution in [0, 0.1) is 0 Å². The van der Waals surface area contributed by atoms with Gasteiger partial charge in [-0.05, 0) is 31.0 Å². The summed E-state index contributed by atoms with van der Waals surface area (Å²) in [5, 5.41) is 0.491. The summed E-state index contributed by atoms with van der Waals surface area (Å²) in [6, 6.07) is 4.41. The summed E-state index contributed by atoms with van der Waals surface area (Å²) in [4.78, 5) is 0.234. The molecule has 76 valence electrons. The minimum Gasteiger partial charge on any atom is -0.223 e. The molecular weight excluding hydrogens is 243 g/mol. The van der Waals surface area contributed by atoms with Gasteiger partial charge in [0.2, 0.25) is 0 Å². The molecule has 1 saturated carbocycles. The molecule has 1 aromatic carbocycles. The second-order valence-electron chi connectivity index (χ2n) is 3.35. The van der Waals surface area contributed by atoms with E-state index in [1.807, 2.05) is 0 Å². The van der Waals surface area contributed by atoms with Gasteiger partial charge in [0, 0.05) is 10.0 Å². The summed E-state index contributed by atoms with van der Waals surface area (Å²) in [7, 11) is -3.18. The Balaban J connectivity index is 2.50. The second kappa shape index (κ2) is 3.40. The number of benzene rings is 1. The van der Waals surface area contributed by atoms with Crippen LogP contribution in [-0.2, 0) is 9.84 Å². The van der Waals surface area contributed by atoms with Gasteiger partial charge in [0.25, 0.3) is 0 Å². The number of hydrogen-bond acceptors (Lipinski definition) is 2. The molecular formula is C9H8Cl2O2S. The standard InChI is InChI=1S/C9H8Cl2O2S/c10-6-3-7(11)5-9(4-6)14(12,13)8-1-2-8/h3-5,8H,1-2H2. The first-order valence-corrected chi connectivity index (χ1v) is 6.50. The molecule has 0 spiro atoms. The number of halogens is 2. The van der Waals surface area contributed by atoms with E-state index in [1.54, 1.807) is 0 Å². The van der Waals surface area contributed by atoms with Crippen molar-refractivity contribution in [2.75, 3.05) is 0 Å². The third kappa shape index (κ3) is 1.90. The molecule has 0 amide bonds. The first-order chi connectivity index (χ1) is 6.50. The van der Waals surface area contributed by atoms with E-state index in [-0.39, 0.29) is 10.1 Å². The highest BCUT2D eigenvalue weighted by Crippen LogP contribution is 2.35. The maximum atomic E-state index is 11.8. The molecule has 0 aromatic heterocycles. The Labute approximate surface area is 92.8 Å². The molecule has 14 heavy (non-hydrogen) atoms. The third-order valence-electron chi connectivity index (χ3n) is 2.13. The summed E-state index contributed by atoms with van der Waals surface area (Å²) in [6.07, 6.45) is 1.49. The van der Waals surface area contributed by atoms with Gasteiger partial charge in [0.15, 0.2) is 9.84 Å². The fourth-order valence-electron chi connectivity index (χ4n) is 1.26. The molecule has 5 heteroatoms. The Morgan fingerprint density at radius 3 is 2.00 bits per heavy atom. The van der Waals surface area contributed by atoms with Crippen molar-refractivity contribution < 1.29 is 8.42 Å².